The molecule has 0 spiro atoms. The van der Waals surface area contributed by atoms with Gasteiger partial charge < -0.3 is 4.42 Å². The SMILES string of the molecule is O=c1ccc2cc(S(=O)(=O)NCCc3cnn(-c4ccccc4)c3)ccc2o1. The van der Waals surface area contributed by atoms with Gasteiger partial charge in [0.2, 0.25) is 10.0 Å². The van der Waals surface area contributed by atoms with E-state index < -0.39 is 15.6 Å². The predicted molar refractivity (Wildman–Crippen MR) is 105 cm³/mol. The topological polar surface area (TPSA) is 94.2 Å². The summed E-state index contributed by atoms with van der Waals surface area (Å²) in [6, 6.07) is 16.9. The highest BCUT2D eigenvalue weighted by molar-refractivity contribution is 7.89. The standard InChI is InChI=1S/C20H17N3O4S/c24-20-9-6-16-12-18(7-8-19(16)27-20)28(25,26)22-11-10-15-13-21-23(14-15)17-4-2-1-3-5-17/h1-9,12-14,22H,10-11H2. The average molecular weight is 395 g/mol. The first kappa shape index (κ1) is 18.1. The molecule has 0 amide bonds. The molecular formula is C20H17N3O4S. The molecule has 0 saturated carbocycles. The molecular weight excluding hydrogens is 378 g/mol. The maximum atomic E-state index is 12.5. The van der Waals surface area contributed by atoms with Crippen LogP contribution >= 0.6 is 0 Å². The minimum Gasteiger partial charge on any atom is -0.423 e. The van der Waals surface area contributed by atoms with Crippen LogP contribution in [0.1, 0.15) is 5.56 Å². The molecule has 8 heteroatoms. The molecule has 2 aromatic heterocycles. The fourth-order valence-electron chi connectivity index (χ4n) is 2.84. The monoisotopic (exact) mass is 395 g/mol. The predicted octanol–water partition coefficient (Wildman–Crippen LogP) is 2.50. The second kappa shape index (κ2) is 7.41. The van der Waals surface area contributed by atoms with Crippen LogP contribution in [0.4, 0.5) is 0 Å². The Morgan fingerprint density at radius 1 is 1.04 bits per heavy atom. The maximum absolute atomic E-state index is 12.5. The van der Waals surface area contributed by atoms with Gasteiger partial charge in [0, 0.05) is 24.2 Å². The number of rotatable bonds is 6. The van der Waals surface area contributed by atoms with Gasteiger partial charge in [-0.15, -0.1) is 0 Å². The van der Waals surface area contributed by atoms with Gasteiger partial charge in [0.25, 0.3) is 0 Å². The number of para-hydroxylation sites is 1. The van der Waals surface area contributed by atoms with Crippen LogP contribution in [-0.4, -0.2) is 24.7 Å². The quantitative estimate of drug-likeness (QED) is 0.506. The molecule has 2 heterocycles. The summed E-state index contributed by atoms with van der Waals surface area (Å²) < 4.78 is 34.4. The Balaban J connectivity index is 1.44. The van der Waals surface area contributed by atoms with Crippen LogP contribution in [-0.2, 0) is 16.4 Å². The number of sulfonamides is 1. The molecule has 0 atom stereocenters. The van der Waals surface area contributed by atoms with E-state index in [0.717, 1.165) is 11.3 Å². The summed E-state index contributed by atoms with van der Waals surface area (Å²) in [5, 5.41) is 4.85. The van der Waals surface area contributed by atoms with Gasteiger partial charge in [-0.2, -0.15) is 5.10 Å². The van der Waals surface area contributed by atoms with Gasteiger partial charge in [-0.3, -0.25) is 0 Å². The number of hydrogen-bond acceptors (Lipinski definition) is 5. The number of hydrogen-bond donors (Lipinski definition) is 1. The highest BCUT2D eigenvalue weighted by Crippen LogP contribution is 2.17. The van der Waals surface area contributed by atoms with Gasteiger partial charge in [0.05, 0.1) is 16.8 Å². The van der Waals surface area contributed by atoms with Crippen LogP contribution in [0.15, 0.2) is 87.2 Å². The molecule has 0 saturated heterocycles. The smallest absolute Gasteiger partial charge is 0.336 e. The summed E-state index contributed by atoms with van der Waals surface area (Å²) in [6.45, 7) is 0.241. The fourth-order valence-corrected chi connectivity index (χ4v) is 3.91. The minimum atomic E-state index is -3.67. The van der Waals surface area contributed by atoms with Crippen molar-refractivity contribution in [1.29, 1.82) is 0 Å². The Kier molecular flexibility index (Phi) is 4.81. The first-order valence-corrected chi connectivity index (χ1v) is 10.1. The van der Waals surface area contributed by atoms with Crippen molar-refractivity contribution >= 4 is 21.0 Å². The maximum Gasteiger partial charge on any atom is 0.336 e. The van der Waals surface area contributed by atoms with Gasteiger partial charge in [0.15, 0.2) is 0 Å². The molecule has 2 aromatic carbocycles. The third-order valence-electron chi connectivity index (χ3n) is 4.26. The first-order valence-electron chi connectivity index (χ1n) is 8.64. The molecule has 0 radical (unpaired) electrons. The Morgan fingerprint density at radius 2 is 1.86 bits per heavy atom. The van der Waals surface area contributed by atoms with E-state index in [4.69, 9.17) is 4.42 Å². The normalized spacial score (nSPS) is 11.7. The lowest BCUT2D eigenvalue weighted by Crippen LogP contribution is -2.25. The Morgan fingerprint density at radius 3 is 2.68 bits per heavy atom. The number of nitrogens with one attached hydrogen (secondary N) is 1. The van der Waals surface area contributed by atoms with E-state index in [2.05, 4.69) is 9.82 Å². The summed E-state index contributed by atoms with van der Waals surface area (Å²) in [6.07, 6.45) is 4.11. The molecule has 4 rings (SSSR count). The van der Waals surface area contributed by atoms with E-state index >= 15 is 0 Å². The lowest BCUT2D eigenvalue weighted by molar-refractivity contribution is 0.560. The van der Waals surface area contributed by atoms with Crippen molar-refractivity contribution in [3.8, 4) is 5.69 Å². The van der Waals surface area contributed by atoms with Crippen LogP contribution in [0.2, 0.25) is 0 Å². The number of aromatic nitrogens is 2. The highest BCUT2D eigenvalue weighted by atomic mass is 32.2. The Hall–Kier alpha value is -3.23. The van der Waals surface area contributed by atoms with E-state index in [1.54, 1.807) is 10.9 Å². The van der Waals surface area contributed by atoms with Crippen molar-refractivity contribution in [2.24, 2.45) is 0 Å². The van der Waals surface area contributed by atoms with Crippen LogP contribution in [0.5, 0.6) is 0 Å². The molecule has 1 N–H and O–H groups in total. The van der Waals surface area contributed by atoms with Crippen molar-refractivity contribution in [3.05, 3.63) is 89.0 Å². The molecule has 142 valence electrons. The first-order chi connectivity index (χ1) is 13.5. The third-order valence-corrected chi connectivity index (χ3v) is 5.72. The van der Waals surface area contributed by atoms with Gasteiger partial charge in [0.1, 0.15) is 5.58 Å². The van der Waals surface area contributed by atoms with Crippen molar-refractivity contribution in [2.45, 2.75) is 11.3 Å². The minimum absolute atomic E-state index is 0.119. The molecule has 28 heavy (non-hydrogen) atoms. The van der Waals surface area contributed by atoms with Gasteiger partial charge >= 0.3 is 5.63 Å². The van der Waals surface area contributed by atoms with E-state index in [9.17, 15) is 13.2 Å². The molecule has 0 aliphatic carbocycles. The molecule has 0 fully saturated rings. The van der Waals surface area contributed by atoms with E-state index in [1.807, 2.05) is 36.5 Å². The van der Waals surface area contributed by atoms with Crippen LogP contribution in [0.25, 0.3) is 16.7 Å². The lowest BCUT2D eigenvalue weighted by Gasteiger charge is -2.07. The van der Waals surface area contributed by atoms with Crippen LogP contribution < -0.4 is 10.3 Å². The van der Waals surface area contributed by atoms with Crippen LogP contribution in [0, 0.1) is 0 Å². The zero-order valence-electron chi connectivity index (χ0n) is 14.8. The zero-order chi connectivity index (χ0) is 19.6. The Bertz CT molecular complexity index is 1280. The summed E-state index contributed by atoms with van der Waals surface area (Å²) >= 11 is 0. The van der Waals surface area contributed by atoms with Gasteiger partial charge in [-0.25, -0.2) is 22.6 Å². The van der Waals surface area contributed by atoms with Gasteiger partial charge in [-0.05, 0) is 48.4 Å². The molecule has 0 unspecified atom stereocenters. The van der Waals surface area contributed by atoms with Crippen molar-refractivity contribution in [2.75, 3.05) is 6.54 Å². The largest absolute Gasteiger partial charge is 0.423 e. The summed E-state index contributed by atoms with van der Waals surface area (Å²) in [7, 11) is -3.67. The van der Waals surface area contributed by atoms with Crippen molar-refractivity contribution < 1.29 is 12.8 Å². The second-order valence-electron chi connectivity index (χ2n) is 6.23. The summed E-state index contributed by atoms with van der Waals surface area (Å²) in [5.74, 6) is 0. The van der Waals surface area contributed by atoms with Crippen molar-refractivity contribution in [1.82, 2.24) is 14.5 Å². The third kappa shape index (κ3) is 3.88. The highest BCUT2D eigenvalue weighted by Gasteiger charge is 2.14. The number of fused-ring (bicyclic) bond motifs is 1. The number of nitrogens with zero attached hydrogens (tertiary/aromatic N) is 2. The molecule has 0 bridgehead atoms. The van der Waals surface area contributed by atoms with E-state index in [1.165, 1.54) is 30.3 Å². The van der Waals surface area contributed by atoms with E-state index in [-0.39, 0.29) is 11.4 Å². The second-order valence-corrected chi connectivity index (χ2v) is 8.00. The van der Waals surface area contributed by atoms with Crippen LogP contribution in [0.3, 0.4) is 0 Å². The lowest BCUT2D eigenvalue weighted by atomic mass is 10.2. The molecule has 0 aliphatic heterocycles. The number of benzene rings is 2. The molecule has 0 aliphatic rings. The van der Waals surface area contributed by atoms with Crippen molar-refractivity contribution in [3.63, 3.8) is 0 Å². The average Bonchev–Trinajstić information content (AvgIpc) is 3.17. The zero-order valence-corrected chi connectivity index (χ0v) is 15.6. The molecule has 7 nitrogen and oxygen atoms in total. The summed E-state index contributed by atoms with van der Waals surface area (Å²) in [4.78, 5) is 11.3. The van der Waals surface area contributed by atoms with E-state index in [0.29, 0.717) is 17.4 Å². The molecule has 4 aromatic rings. The fraction of sp³-hybridized carbons (Fsp3) is 0.100. The van der Waals surface area contributed by atoms with Gasteiger partial charge in [-0.1, -0.05) is 18.2 Å². The summed E-state index contributed by atoms with van der Waals surface area (Å²) in [5.41, 5.74) is 1.74. The Labute approximate surface area is 161 Å².